The number of aryl methyl sites for hydroxylation is 2. The van der Waals surface area contributed by atoms with Gasteiger partial charge in [-0.1, -0.05) is 11.6 Å². The first-order valence-corrected chi connectivity index (χ1v) is 7.92. The Balaban J connectivity index is 1.77. The number of nitrogens with one attached hydrogen (secondary N) is 1. The lowest BCUT2D eigenvalue weighted by atomic mass is 10.1. The van der Waals surface area contributed by atoms with Crippen LogP contribution in [-0.2, 0) is 19.5 Å². The third kappa shape index (κ3) is 2.69. The minimum atomic E-state index is 0.658. The Bertz CT molecular complexity index is 638. The molecule has 0 unspecified atom stereocenters. The summed E-state index contributed by atoms with van der Waals surface area (Å²) in [5.74, 6) is 2.09. The number of fused-ring (bicyclic) bond motifs is 1. The van der Waals surface area contributed by atoms with Gasteiger partial charge in [0.25, 0.3) is 0 Å². The van der Waals surface area contributed by atoms with Gasteiger partial charge >= 0.3 is 0 Å². The number of anilines is 1. The molecule has 0 amide bonds. The second kappa shape index (κ2) is 5.74. The number of halogens is 2. The van der Waals surface area contributed by atoms with Crippen LogP contribution in [0.3, 0.4) is 0 Å². The van der Waals surface area contributed by atoms with Crippen LogP contribution >= 0.6 is 27.5 Å². The molecule has 20 heavy (non-hydrogen) atoms. The van der Waals surface area contributed by atoms with Gasteiger partial charge in [0.15, 0.2) is 5.82 Å². The van der Waals surface area contributed by atoms with E-state index in [0.29, 0.717) is 6.54 Å². The molecule has 2 aromatic rings. The maximum absolute atomic E-state index is 6.17. The maximum Gasteiger partial charge on any atom is 0.152 e. The Kier molecular flexibility index (Phi) is 3.98. The summed E-state index contributed by atoms with van der Waals surface area (Å²) in [7, 11) is 0. The van der Waals surface area contributed by atoms with Crippen LogP contribution in [0.5, 0.6) is 0 Å². The summed E-state index contributed by atoms with van der Waals surface area (Å²) in [6.45, 7) is 3.67. The van der Waals surface area contributed by atoms with Crippen molar-refractivity contribution in [3.63, 3.8) is 0 Å². The largest absolute Gasteiger partial charge is 0.377 e. The van der Waals surface area contributed by atoms with Crippen molar-refractivity contribution in [1.82, 2.24) is 14.8 Å². The Morgan fingerprint density at radius 1 is 1.35 bits per heavy atom. The van der Waals surface area contributed by atoms with E-state index in [0.717, 1.165) is 45.4 Å². The third-order valence-electron chi connectivity index (χ3n) is 3.62. The maximum atomic E-state index is 6.17. The molecule has 0 saturated carbocycles. The zero-order valence-corrected chi connectivity index (χ0v) is 13.6. The summed E-state index contributed by atoms with van der Waals surface area (Å²) < 4.78 is 3.23. The number of benzene rings is 1. The fourth-order valence-electron chi connectivity index (χ4n) is 2.46. The summed E-state index contributed by atoms with van der Waals surface area (Å²) >= 11 is 9.72. The molecule has 0 fully saturated rings. The molecule has 1 aliphatic rings. The molecule has 3 rings (SSSR count). The second-order valence-corrected chi connectivity index (χ2v) is 6.34. The molecule has 106 valence electrons. The molecule has 1 aliphatic heterocycles. The van der Waals surface area contributed by atoms with Gasteiger partial charge in [-0.15, -0.1) is 10.2 Å². The van der Waals surface area contributed by atoms with E-state index < -0.39 is 0 Å². The van der Waals surface area contributed by atoms with Gasteiger partial charge in [0.2, 0.25) is 0 Å². The first kappa shape index (κ1) is 13.9. The van der Waals surface area contributed by atoms with E-state index in [1.807, 2.05) is 19.1 Å². The molecular weight excluding hydrogens is 340 g/mol. The molecular formula is C14H16BrClN4. The highest BCUT2D eigenvalue weighted by atomic mass is 79.9. The van der Waals surface area contributed by atoms with E-state index in [-0.39, 0.29) is 0 Å². The van der Waals surface area contributed by atoms with Crippen LogP contribution in [0.1, 0.15) is 30.1 Å². The van der Waals surface area contributed by atoms with Crippen LogP contribution in [0, 0.1) is 6.92 Å². The van der Waals surface area contributed by atoms with Gasteiger partial charge in [-0.25, -0.2) is 0 Å². The monoisotopic (exact) mass is 354 g/mol. The Morgan fingerprint density at radius 2 is 2.20 bits per heavy atom. The lowest BCUT2D eigenvalue weighted by Crippen LogP contribution is -2.15. The third-order valence-corrected chi connectivity index (χ3v) is 4.68. The standard InChI is InChI=1S/C14H16BrClN4/c1-9-6-10(15)12(7-11(9)16)17-8-14-19-18-13-4-2-3-5-20(13)14/h6-7,17H,2-5,8H2,1H3. The smallest absolute Gasteiger partial charge is 0.152 e. The van der Waals surface area contributed by atoms with Crippen molar-refractivity contribution in [3.05, 3.63) is 38.8 Å². The van der Waals surface area contributed by atoms with Crippen molar-refractivity contribution in [2.75, 3.05) is 5.32 Å². The number of rotatable bonds is 3. The van der Waals surface area contributed by atoms with E-state index in [9.17, 15) is 0 Å². The van der Waals surface area contributed by atoms with E-state index in [4.69, 9.17) is 11.6 Å². The number of hydrogen-bond donors (Lipinski definition) is 1. The molecule has 1 aromatic carbocycles. The van der Waals surface area contributed by atoms with Crippen LogP contribution in [0.2, 0.25) is 5.02 Å². The van der Waals surface area contributed by atoms with Crippen molar-refractivity contribution >= 4 is 33.2 Å². The van der Waals surface area contributed by atoms with Crippen LogP contribution in [0.25, 0.3) is 0 Å². The molecule has 0 radical (unpaired) electrons. The minimum Gasteiger partial charge on any atom is -0.377 e. The van der Waals surface area contributed by atoms with Gasteiger partial charge in [-0.3, -0.25) is 0 Å². The Hall–Kier alpha value is -1.07. The summed E-state index contributed by atoms with van der Waals surface area (Å²) in [4.78, 5) is 0. The second-order valence-electron chi connectivity index (χ2n) is 5.08. The van der Waals surface area contributed by atoms with Crippen molar-refractivity contribution in [2.45, 2.75) is 39.3 Å². The molecule has 0 aliphatic carbocycles. The first-order valence-electron chi connectivity index (χ1n) is 6.75. The zero-order valence-electron chi connectivity index (χ0n) is 11.3. The van der Waals surface area contributed by atoms with Crippen molar-refractivity contribution in [1.29, 1.82) is 0 Å². The van der Waals surface area contributed by atoms with Gasteiger partial charge in [-0.2, -0.15) is 0 Å². The molecule has 0 atom stereocenters. The molecule has 1 aromatic heterocycles. The van der Waals surface area contributed by atoms with E-state index in [2.05, 4.69) is 36.0 Å². The lowest BCUT2D eigenvalue weighted by molar-refractivity contribution is 0.510. The van der Waals surface area contributed by atoms with Crippen molar-refractivity contribution in [3.8, 4) is 0 Å². The molecule has 0 saturated heterocycles. The van der Waals surface area contributed by atoms with Crippen LogP contribution in [-0.4, -0.2) is 14.8 Å². The first-order chi connectivity index (χ1) is 9.65. The molecule has 0 spiro atoms. The van der Waals surface area contributed by atoms with Gasteiger partial charge in [0.1, 0.15) is 5.82 Å². The van der Waals surface area contributed by atoms with E-state index >= 15 is 0 Å². The number of hydrogen-bond acceptors (Lipinski definition) is 3. The lowest BCUT2D eigenvalue weighted by Gasteiger charge is -2.15. The topological polar surface area (TPSA) is 42.7 Å². The van der Waals surface area contributed by atoms with Crippen LogP contribution in [0.4, 0.5) is 5.69 Å². The average molecular weight is 356 g/mol. The highest BCUT2D eigenvalue weighted by molar-refractivity contribution is 9.10. The summed E-state index contributed by atoms with van der Waals surface area (Å²) in [5.41, 5.74) is 2.04. The number of nitrogens with zero attached hydrogens (tertiary/aromatic N) is 3. The molecule has 4 nitrogen and oxygen atoms in total. The van der Waals surface area contributed by atoms with E-state index in [1.165, 1.54) is 12.8 Å². The molecule has 0 bridgehead atoms. The number of aromatic nitrogens is 3. The molecule has 6 heteroatoms. The highest BCUT2D eigenvalue weighted by Crippen LogP contribution is 2.29. The van der Waals surface area contributed by atoms with Gasteiger partial charge in [0, 0.05) is 22.5 Å². The van der Waals surface area contributed by atoms with Crippen molar-refractivity contribution < 1.29 is 0 Å². The fraction of sp³-hybridized carbons (Fsp3) is 0.429. The SMILES string of the molecule is Cc1cc(Br)c(NCc2nnc3n2CCCC3)cc1Cl. The quantitative estimate of drug-likeness (QED) is 0.906. The average Bonchev–Trinajstić information content (AvgIpc) is 2.85. The summed E-state index contributed by atoms with van der Waals surface area (Å²) in [6, 6.07) is 3.96. The molecule has 1 N–H and O–H groups in total. The highest BCUT2D eigenvalue weighted by Gasteiger charge is 2.15. The van der Waals surface area contributed by atoms with Gasteiger partial charge < -0.3 is 9.88 Å². The van der Waals surface area contributed by atoms with Gasteiger partial charge in [0.05, 0.1) is 12.2 Å². The van der Waals surface area contributed by atoms with Gasteiger partial charge in [-0.05, 0) is 53.4 Å². The van der Waals surface area contributed by atoms with E-state index in [1.54, 1.807) is 0 Å². The summed E-state index contributed by atoms with van der Waals surface area (Å²) in [6.07, 6.45) is 3.45. The predicted molar refractivity (Wildman–Crippen MR) is 84.2 cm³/mol. The minimum absolute atomic E-state index is 0.658. The van der Waals surface area contributed by atoms with Crippen molar-refractivity contribution in [2.24, 2.45) is 0 Å². The normalized spacial score (nSPS) is 14.2. The Labute approximate surface area is 131 Å². The van der Waals surface area contributed by atoms with Crippen LogP contribution < -0.4 is 5.32 Å². The predicted octanol–water partition coefficient (Wildman–Crippen LogP) is 3.95. The van der Waals surface area contributed by atoms with Crippen LogP contribution in [0.15, 0.2) is 16.6 Å². The zero-order chi connectivity index (χ0) is 14.1. The summed E-state index contributed by atoms with van der Waals surface area (Å²) in [5, 5.41) is 12.7. The Morgan fingerprint density at radius 3 is 3.05 bits per heavy atom. The molecule has 2 heterocycles. The fourth-order valence-corrected chi connectivity index (χ4v) is 3.22.